The second kappa shape index (κ2) is 9.13. The van der Waals surface area contributed by atoms with Gasteiger partial charge in [-0.3, -0.25) is 4.79 Å². The third-order valence-corrected chi connectivity index (χ3v) is 3.38. The van der Waals surface area contributed by atoms with Crippen LogP contribution in [0.1, 0.15) is 38.7 Å². The molecular weight excluding hydrogens is 248 g/mol. The zero-order chi connectivity index (χ0) is 14.8. The maximum absolute atomic E-state index is 11.7. The van der Waals surface area contributed by atoms with Gasteiger partial charge in [0.1, 0.15) is 0 Å². The zero-order valence-corrected chi connectivity index (χ0v) is 12.5. The minimum absolute atomic E-state index is 0.159. The summed E-state index contributed by atoms with van der Waals surface area (Å²) in [5, 5.41) is 0. The summed E-state index contributed by atoms with van der Waals surface area (Å²) in [5.41, 5.74) is 3.66. The normalized spacial score (nSPS) is 11.7. The lowest BCUT2D eigenvalue weighted by atomic mass is 10.0. The van der Waals surface area contributed by atoms with Gasteiger partial charge in [-0.05, 0) is 32.3 Å². The van der Waals surface area contributed by atoms with Crippen molar-refractivity contribution in [2.24, 2.45) is 0 Å². The van der Waals surface area contributed by atoms with Crippen molar-refractivity contribution >= 4 is 5.97 Å². The van der Waals surface area contributed by atoms with Crippen LogP contribution in [0.3, 0.4) is 0 Å². The van der Waals surface area contributed by atoms with Crippen molar-refractivity contribution in [3.63, 3.8) is 0 Å². The third-order valence-electron chi connectivity index (χ3n) is 3.38. The number of benzene rings is 1. The Hall–Kier alpha value is -1.83. The fourth-order valence-corrected chi connectivity index (χ4v) is 1.88. The highest BCUT2D eigenvalue weighted by Crippen LogP contribution is 2.13. The van der Waals surface area contributed by atoms with Gasteiger partial charge in [-0.2, -0.15) is 0 Å². The van der Waals surface area contributed by atoms with Gasteiger partial charge in [0.2, 0.25) is 0 Å². The first-order chi connectivity index (χ1) is 9.63. The largest absolute Gasteiger partial charge is 0.465 e. The fourth-order valence-electron chi connectivity index (χ4n) is 1.88. The molecule has 0 aliphatic carbocycles. The third kappa shape index (κ3) is 6.37. The predicted octanol–water partition coefficient (Wildman–Crippen LogP) is 4.47. The summed E-state index contributed by atoms with van der Waals surface area (Å²) in [6, 6.07) is 9.67. The van der Waals surface area contributed by atoms with E-state index in [1.165, 1.54) is 11.1 Å². The van der Waals surface area contributed by atoms with Crippen LogP contribution in [-0.4, -0.2) is 12.6 Å². The number of carbonyl (C=O) groups is 1. The Morgan fingerprint density at radius 2 is 1.80 bits per heavy atom. The van der Waals surface area contributed by atoms with E-state index < -0.39 is 0 Å². The summed E-state index contributed by atoms with van der Waals surface area (Å²) in [4.78, 5) is 11.7. The molecule has 108 valence electrons. The van der Waals surface area contributed by atoms with Crippen LogP contribution in [0.15, 0.2) is 54.1 Å². The van der Waals surface area contributed by atoms with Crippen LogP contribution in [0, 0.1) is 0 Å². The van der Waals surface area contributed by atoms with Gasteiger partial charge in [0.25, 0.3) is 0 Å². The first kappa shape index (κ1) is 16.2. The number of rotatable bonds is 8. The molecule has 0 N–H and O–H groups in total. The molecule has 0 atom stereocenters. The maximum Gasteiger partial charge on any atom is 0.310 e. The van der Waals surface area contributed by atoms with Gasteiger partial charge in [0, 0.05) is 6.42 Å². The van der Waals surface area contributed by atoms with Crippen LogP contribution in [0.2, 0.25) is 0 Å². The second-order valence-electron chi connectivity index (χ2n) is 5.02. The van der Waals surface area contributed by atoms with Crippen LogP contribution < -0.4 is 0 Å². The zero-order valence-electron chi connectivity index (χ0n) is 12.5. The Balaban J connectivity index is 2.29. The standard InChI is InChI=1S/C18H24O2/c1-4-5-9-15(2)16(3)12-13-20-18(19)14-17-10-7-6-8-11-17/h4,6-8,10-11H,1,5,9,12-14H2,2-3H3/b16-15+. The predicted molar refractivity (Wildman–Crippen MR) is 83.5 cm³/mol. The molecule has 0 heterocycles. The van der Waals surface area contributed by atoms with Crippen molar-refractivity contribution in [2.45, 2.75) is 39.5 Å². The van der Waals surface area contributed by atoms with Gasteiger partial charge in [-0.25, -0.2) is 0 Å². The van der Waals surface area contributed by atoms with Crippen molar-refractivity contribution < 1.29 is 9.53 Å². The highest BCUT2D eigenvalue weighted by molar-refractivity contribution is 5.72. The Labute approximate surface area is 122 Å². The average molecular weight is 272 g/mol. The highest BCUT2D eigenvalue weighted by atomic mass is 16.5. The molecule has 2 heteroatoms. The summed E-state index contributed by atoms with van der Waals surface area (Å²) in [6.45, 7) is 8.42. The van der Waals surface area contributed by atoms with Gasteiger partial charge in [0.15, 0.2) is 0 Å². The lowest BCUT2D eigenvalue weighted by molar-refractivity contribution is -0.142. The van der Waals surface area contributed by atoms with Gasteiger partial charge in [-0.1, -0.05) is 47.6 Å². The van der Waals surface area contributed by atoms with Crippen LogP contribution in [0.5, 0.6) is 0 Å². The quantitative estimate of drug-likeness (QED) is 0.515. The van der Waals surface area contributed by atoms with Crippen molar-refractivity contribution in [2.75, 3.05) is 6.61 Å². The number of esters is 1. The van der Waals surface area contributed by atoms with E-state index in [1.807, 2.05) is 36.4 Å². The molecule has 1 aromatic rings. The summed E-state index contributed by atoms with van der Waals surface area (Å²) >= 11 is 0. The molecule has 0 spiro atoms. The Morgan fingerprint density at radius 1 is 1.15 bits per heavy atom. The summed E-state index contributed by atoms with van der Waals surface area (Å²) in [7, 11) is 0. The molecule has 0 unspecified atom stereocenters. The first-order valence-electron chi connectivity index (χ1n) is 7.09. The van der Waals surface area contributed by atoms with E-state index in [2.05, 4.69) is 20.4 Å². The van der Waals surface area contributed by atoms with Crippen LogP contribution in [0.25, 0.3) is 0 Å². The number of hydrogen-bond acceptors (Lipinski definition) is 2. The molecule has 20 heavy (non-hydrogen) atoms. The molecule has 0 aliphatic heterocycles. The summed E-state index contributed by atoms with van der Waals surface area (Å²) in [6.07, 6.45) is 5.11. The lowest BCUT2D eigenvalue weighted by Gasteiger charge is -2.08. The Morgan fingerprint density at radius 3 is 2.45 bits per heavy atom. The molecule has 2 nitrogen and oxygen atoms in total. The summed E-state index contributed by atoms with van der Waals surface area (Å²) < 4.78 is 5.28. The van der Waals surface area contributed by atoms with Crippen LogP contribution >= 0.6 is 0 Å². The molecule has 1 rings (SSSR count). The van der Waals surface area contributed by atoms with Crippen molar-refractivity contribution in [1.29, 1.82) is 0 Å². The molecule has 0 amide bonds. The first-order valence-corrected chi connectivity index (χ1v) is 7.09. The number of hydrogen-bond donors (Lipinski definition) is 0. The molecule has 0 fully saturated rings. The lowest BCUT2D eigenvalue weighted by Crippen LogP contribution is -2.09. The minimum atomic E-state index is -0.159. The maximum atomic E-state index is 11.7. The fraction of sp³-hybridized carbons (Fsp3) is 0.389. The van der Waals surface area contributed by atoms with E-state index in [0.717, 1.165) is 24.8 Å². The molecule has 0 saturated heterocycles. The monoisotopic (exact) mass is 272 g/mol. The van der Waals surface area contributed by atoms with Crippen molar-refractivity contribution in [3.8, 4) is 0 Å². The van der Waals surface area contributed by atoms with E-state index in [1.54, 1.807) is 0 Å². The van der Waals surface area contributed by atoms with Gasteiger partial charge >= 0.3 is 5.97 Å². The highest BCUT2D eigenvalue weighted by Gasteiger charge is 2.05. The number of allylic oxidation sites excluding steroid dienone is 2. The van der Waals surface area contributed by atoms with Gasteiger partial charge in [-0.15, -0.1) is 6.58 Å². The molecule has 0 saturated carbocycles. The summed E-state index contributed by atoms with van der Waals surface area (Å²) in [5.74, 6) is -0.159. The van der Waals surface area contributed by atoms with Crippen molar-refractivity contribution in [1.82, 2.24) is 0 Å². The molecule has 0 radical (unpaired) electrons. The van der Waals surface area contributed by atoms with E-state index in [4.69, 9.17) is 4.74 Å². The molecular formula is C18H24O2. The Bertz CT molecular complexity index is 458. The topological polar surface area (TPSA) is 26.3 Å². The van der Waals surface area contributed by atoms with E-state index in [-0.39, 0.29) is 5.97 Å². The second-order valence-corrected chi connectivity index (χ2v) is 5.02. The van der Waals surface area contributed by atoms with E-state index in [9.17, 15) is 4.79 Å². The Kier molecular flexibility index (Phi) is 7.41. The molecule has 0 aliphatic rings. The van der Waals surface area contributed by atoms with Gasteiger partial charge in [0.05, 0.1) is 13.0 Å². The van der Waals surface area contributed by atoms with Gasteiger partial charge < -0.3 is 4.74 Å². The van der Waals surface area contributed by atoms with Crippen LogP contribution in [-0.2, 0) is 16.0 Å². The minimum Gasteiger partial charge on any atom is -0.465 e. The number of carbonyl (C=O) groups excluding carboxylic acids is 1. The molecule has 0 bridgehead atoms. The van der Waals surface area contributed by atoms with Crippen LogP contribution in [0.4, 0.5) is 0 Å². The number of ether oxygens (including phenoxy) is 1. The average Bonchev–Trinajstić information content (AvgIpc) is 2.45. The SMILES string of the molecule is C=CCC/C(C)=C(\C)CCOC(=O)Cc1ccccc1. The molecule has 1 aromatic carbocycles. The smallest absolute Gasteiger partial charge is 0.310 e. The van der Waals surface area contributed by atoms with E-state index in [0.29, 0.717) is 13.0 Å². The van der Waals surface area contributed by atoms with E-state index >= 15 is 0 Å². The molecule has 0 aromatic heterocycles. The van der Waals surface area contributed by atoms with Crippen molar-refractivity contribution in [3.05, 3.63) is 59.7 Å².